The average Bonchev–Trinajstić information content (AvgIpc) is 2.89. The summed E-state index contributed by atoms with van der Waals surface area (Å²) in [6.45, 7) is 0.773. The summed E-state index contributed by atoms with van der Waals surface area (Å²) >= 11 is 0. The Morgan fingerprint density at radius 3 is 2.54 bits per heavy atom. The van der Waals surface area contributed by atoms with Crippen molar-refractivity contribution >= 4 is 32.4 Å². The first-order valence-corrected chi connectivity index (χ1v) is 13.7. The van der Waals surface area contributed by atoms with E-state index in [-0.39, 0.29) is 30.1 Å². The molecule has 1 radical (unpaired) electrons. The smallest absolute Gasteiger partial charge is 0.404 e. The van der Waals surface area contributed by atoms with E-state index < -0.39 is 28.1 Å². The normalized spacial score (nSPS) is 17.5. The SMILES string of the molecule is O=S(=O)(CC(F)(F)F)Nc1ccc(Oc2ncccc2-c2ccnc(N[C@H]3[CH-][C@H](F)CNC3)n2)c2ccccc12.[Es]. The number of alkyl halides is 4. The minimum Gasteiger partial charge on any atom is -0.438 e. The third-order valence-electron chi connectivity index (χ3n) is 5.87. The van der Waals surface area contributed by atoms with Crippen molar-refractivity contribution in [3.63, 3.8) is 0 Å². The van der Waals surface area contributed by atoms with Gasteiger partial charge >= 0.3 is 6.18 Å². The van der Waals surface area contributed by atoms with Gasteiger partial charge in [-0.15, -0.1) is 0 Å². The van der Waals surface area contributed by atoms with E-state index in [2.05, 4.69) is 25.6 Å². The van der Waals surface area contributed by atoms with Gasteiger partial charge < -0.3 is 15.4 Å². The Bertz CT molecular complexity index is 1630. The Labute approximate surface area is 227 Å². The Balaban J connectivity index is 0.00000387. The molecule has 4 aromatic rings. The Hall–Kier alpha value is -5.04. The fourth-order valence-corrected chi connectivity index (χ4v) is 5.26. The maximum absolute atomic E-state index is 13.7. The molecule has 2 atom stereocenters. The standard InChI is InChI=1S/C26H23F4N6O3S.Es/c27-16-12-17(14-31-13-16)34-25-33-11-9-21(35-25)20-6-3-10-32-24(20)39-23-8-7-22(18-4-1-2-5-19(18)23)36-40(37,38)15-26(28,29)30;/h1-12,16-17,31,36H,13-15H2,(H,33,34,35);/q-1;/t16-,17-;/m0./s1. The summed E-state index contributed by atoms with van der Waals surface area (Å²) in [5.74, 6) is -1.26. The number of hydrogen-bond acceptors (Lipinski definition) is 8. The molecule has 1 aliphatic rings. The van der Waals surface area contributed by atoms with E-state index in [0.29, 0.717) is 34.3 Å². The first-order valence-electron chi connectivity index (χ1n) is 12.1. The molecule has 15 heteroatoms. The van der Waals surface area contributed by atoms with E-state index in [9.17, 15) is 26.0 Å². The van der Waals surface area contributed by atoms with Crippen molar-refractivity contribution in [3.8, 4) is 22.9 Å². The average molecular weight is 828 g/mol. The van der Waals surface area contributed by atoms with Crippen molar-refractivity contribution in [2.45, 2.75) is 18.4 Å². The molecule has 5 rings (SSSR count). The van der Waals surface area contributed by atoms with E-state index in [1.807, 2.05) is 4.72 Å². The number of nitrogens with zero attached hydrogens (tertiary/aromatic N) is 3. The minimum absolute atomic E-state index is 0. The van der Waals surface area contributed by atoms with Gasteiger partial charge in [-0.1, -0.05) is 30.3 Å². The predicted octanol–water partition coefficient (Wildman–Crippen LogP) is 4.71. The van der Waals surface area contributed by atoms with Crippen LogP contribution in [0, 0.1) is 6.42 Å². The molecule has 41 heavy (non-hydrogen) atoms. The first kappa shape index (κ1) is 29.0. The Morgan fingerprint density at radius 2 is 1.78 bits per heavy atom. The molecule has 0 spiro atoms. The monoisotopic (exact) mass is 827 g/mol. The van der Waals surface area contributed by atoms with Crippen LogP contribution in [0.1, 0.15) is 0 Å². The van der Waals surface area contributed by atoms with Crippen LogP contribution in [0.3, 0.4) is 0 Å². The second-order valence-corrected chi connectivity index (χ2v) is 10.7. The van der Waals surface area contributed by atoms with Crippen LogP contribution in [-0.2, 0) is 10.0 Å². The molecule has 221 valence electrons. The number of pyridine rings is 1. The third kappa shape index (κ3) is 7.13. The maximum atomic E-state index is 13.7. The number of rotatable bonds is 8. The molecular formula is C26H23EsF4N6O3S-. The van der Waals surface area contributed by atoms with E-state index in [4.69, 9.17) is 4.74 Å². The summed E-state index contributed by atoms with van der Waals surface area (Å²) in [6.07, 6.45) is -1.37. The molecule has 0 saturated carbocycles. The van der Waals surface area contributed by atoms with Crippen molar-refractivity contribution in [2.75, 3.05) is 28.9 Å². The predicted molar refractivity (Wildman–Crippen MR) is 142 cm³/mol. The second-order valence-electron chi connectivity index (χ2n) is 8.97. The van der Waals surface area contributed by atoms with Crippen LogP contribution in [0.4, 0.5) is 29.2 Å². The number of nitrogens with one attached hydrogen (secondary N) is 3. The molecular weight excluding hydrogens is 804 g/mol. The van der Waals surface area contributed by atoms with Crippen molar-refractivity contribution in [3.05, 3.63) is 73.4 Å². The molecule has 1 saturated heterocycles. The zero-order valence-electron chi connectivity index (χ0n) is 21.0. The number of benzene rings is 2. The number of ether oxygens (including phenoxy) is 1. The van der Waals surface area contributed by atoms with E-state index >= 15 is 0 Å². The van der Waals surface area contributed by atoms with Crippen LogP contribution in [0.15, 0.2) is 67.0 Å². The van der Waals surface area contributed by atoms with Gasteiger partial charge in [0.2, 0.25) is 21.9 Å². The van der Waals surface area contributed by atoms with Gasteiger partial charge in [0.25, 0.3) is 0 Å². The summed E-state index contributed by atoms with van der Waals surface area (Å²) < 4.78 is 84.2. The van der Waals surface area contributed by atoms with Gasteiger partial charge in [0.15, 0.2) is 5.75 Å². The largest absolute Gasteiger partial charge is 0.438 e. The van der Waals surface area contributed by atoms with Crippen molar-refractivity contribution in [1.29, 1.82) is 0 Å². The summed E-state index contributed by atoms with van der Waals surface area (Å²) in [6, 6.07) is 14.1. The van der Waals surface area contributed by atoms with Gasteiger partial charge in [0.1, 0.15) is 5.75 Å². The minimum atomic E-state index is -4.89. The Kier molecular flexibility index (Phi) is 8.19. The first-order chi connectivity index (χ1) is 19.1. The van der Waals surface area contributed by atoms with Crippen LogP contribution in [-0.4, -0.2) is 60.6 Å². The topological polar surface area (TPSA) is 118 Å². The van der Waals surface area contributed by atoms with Crippen molar-refractivity contribution in [1.82, 2.24) is 20.3 Å². The number of sulfonamides is 1. The van der Waals surface area contributed by atoms with Crippen LogP contribution in [0.5, 0.6) is 11.6 Å². The third-order valence-corrected chi connectivity index (χ3v) is 7.11. The molecule has 0 unspecified atom stereocenters. The van der Waals surface area contributed by atoms with Gasteiger partial charge in [-0.2, -0.15) is 13.2 Å². The number of aromatic nitrogens is 3. The number of hydrogen-bond donors (Lipinski definition) is 3. The molecule has 2 aromatic heterocycles. The molecule has 9 nitrogen and oxygen atoms in total. The van der Waals surface area contributed by atoms with Crippen LogP contribution >= 0.6 is 0 Å². The van der Waals surface area contributed by atoms with Crippen molar-refractivity contribution < 1.29 is 30.7 Å². The summed E-state index contributed by atoms with van der Waals surface area (Å²) in [5, 5.41) is 6.85. The van der Waals surface area contributed by atoms with E-state index in [1.165, 1.54) is 18.3 Å². The number of halogens is 4. The maximum Gasteiger partial charge on any atom is 0.404 e. The molecule has 0 amide bonds. The molecule has 1 aliphatic heterocycles. The van der Waals surface area contributed by atoms with Gasteiger partial charge in [0.05, 0.1) is 16.9 Å². The van der Waals surface area contributed by atoms with Gasteiger partial charge in [-0.05, 0) is 49.6 Å². The molecule has 0 bridgehead atoms. The summed E-state index contributed by atoms with van der Waals surface area (Å²) in [4.78, 5) is 13.1. The molecule has 3 heterocycles. The van der Waals surface area contributed by atoms with Gasteiger partial charge in [-0.25, -0.2) is 23.4 Å². The molecule has 3 N–H and O–H groups in total. The molecule has 1 fully saturated rings. The van der Waals surface area contributed by atoms with Gasteiger partial charge in [-0.3, -0.25) is 15.5 Å². The van der Waals surface area contributed by atoms with Crippen LogP contribution in [0.25, 0.3) is 22.0 Å². The van der Waals surface area contributed by atoms with E-state index in [0.717, 1.165) is 0 Å². The van der Waals surface area contributed by atoms with Gasteiger partial charge in [0, 0.05) is 23.2 Å². The fourth-order valence-electron chi connectivity index (χ4n) is 4.25. The zero-order valence-corrected chi connectivity index (χ0v) is 24.3. The fraction of sp³-hybridized carbons (Fsp3) is 0.231. The number of anilines is 2. The number of piperidine rings is 1. The summed E-state index contributed by atoms with van der Waals surface area (Å²) in [5.41, 5.74) is 0.965. The Morgan fingerprint density at radius 1 is 1.00 bits per heavy atom. The second kappa shape index (κ2) is 11.6. The number of fused-ring (bicyclic) bond motifs is 1. The quantitative estimate of drug-likeness (QED) is 0.173. The van der Waals surface area contributed by atoms with Crippen LogP contribution < -0.4 is 20.1 Å². The molecule has 0 aliphatic carbocycles. The van der Waals surface area contributed by atoms with Crippen molar-refractivity contribution in [2.24, 2.45) is 0 Å². The van der Waals surface area contributed by atoms with E-state index in [1.54, 1.807) is 55.1 Å². The zero-order chi connectivity index (χ0) is 28.3. The summed E-state index contributed by atoms with van der Waals surface area (Å²) in [7, 11) is -4.69. The van der Waals surface area contributed by atoms with Crippen LogP contribution in [0.2, 0.25) is 0 Å². The molecule has 2 aromatic carbocycles.